The van der Waals surface area contributed by atoms with Gasteiger partial charge in [-0.3, -0.25) is 4.79 Å². The van der Waals surface area contributed by atoms with E-state index in [1.54, 1.807) is 0 Å². The van der Waals surface area contributed by atoms with Crippen LogP contribution in [0.15, 0.2) is 0 Å². The molecule has 2 N–H and O–H groups in total. The van der Waals surface area contributed by atoms with Crippen molar-refractivity contribution in [1.82, 2.24) is 4.90 Å². The fourth-order valence-electron chi connectivity index (χ4n) is 2.11. The molecule has 0 bridgehead atoms. The summed E-state index contributed by atoms with van der Waals surface area (Å²) < 4.78 is 0. The molecule has 0 aromatic rings. The third-order valence-corrected chi connectivity index (χ3v) is 4.17. The normalized spacial score (nSPS) is 21.9. The van der Waals surface area contributed by atoms with Crippen molar-refractivity contribution in [3.05, 3.63) is 0 Å². The van der Waals surface area contributed by atoms with Crippen molar-refractivity contribution in [2.45, 2.75) is 44.3 Å². The van der Waals surface area contributed by atoms with Crippen LogP contribution >= 0.6 is 11.8 Å². The van der Waals surface area contributed by atoms with E-state index in [4.69, 9.17) is 5.73 Å². The summed E-state index contributed by atoms with van der Waals surface area (Å²) in [7, 11) is 0. The van der Waals surface area contributed by atoms with Gasteiger partial charge in [-0.05, 0) is 31.6 Å². The lowest BCUT2D eigenvalue weighted by Gasteiger charge is -2.24. The van der Waals surface area contributed by atoms with E-state index in [1.165, 1.54) is 12.8 Å². The van der Waals surface area contributed by atoms with Gasteiger partial charge in [0.2, 0.25) is 5.91 Å². The fraction of sp³-hybridized carbons (Fsp3) is 0.917. The molecule has 16 heavy (non-hydrogen) atoms. The van der Waals surface area contributed by atoms with E-state index in [2.05, 4.69) is 11.8 Å². The van der Waals surface area contributed by atoms with E-state index >= 15 is 0 Å². The van der Waals surface area contributed by atoms with Crippen molar-refractivity contribution in [3.8, 4) is 0 Å². The number of thioether (sulfide) groups is 1. The molecular weight excluding hydrogens is 220 g/mol. The van der Waals surface area contributed by atoms with Gasteiger partial charge in [0.25, 0.3) is 0 Å². The molecule has 0 radical (unpaired) electrons. The first-order valence-electron chi connectivity index (χ1n) is 6.37. The molecule has 1 unspecified atom stereocenters. The zero-order valence-corrected chi connectivity index (χ0v) is 11.1. The SMILES string of the molecule is CCSC1CCCCN(C(=O)CCCN)C1. The van der Waals surface area contributed by atoms with Gasteiger partial charge in [-0.2, -0.15) is 11.8 Å². The Hall–Kier alpha value is -0.220. The molecule has 4 heteroatoms. The molecule has 1 heterocycles. The van der Waals surface area contributed by atoms with Crippen LogP contribution in [0.5, 0.6) is 0 Å². The second-order valence-corrected chi connectivity index (χ2v) is 5.88. The van der Waals surface area contributed by atoms with Crippen LogP contribution in [-0.4, -0.2) is 41.4 Å². The predicted molar refractivity (Wildman–Crippen MR) is 70.6 cm³/mol. The summed E-state index contributed by atoms with van der Waals surface area (Å²) in [5.41, 5.74) is 5.44. The van der Waals surface area contributed by atoms with Crippen molar-refractivity contribution >= 4 is 17.7 Å². The molecule has 1 amide bonds. The van der Waals surface area contributed by atoms with Gasteiger partial charge >= 0.3 is 0 Å². The zero-order valence-electron chi connectivity index (χ0n) is 10.3. The number of hydrogen-bond acceptors (Lipinski definition) is 3. The summed E-state index contributed by atoms with van der Waals surface area (Å²) in [6.07, 6.45) is 5.13. The van der Waals surface area contributed by atoms with Gasteiger partial charge in [0, 0.05) is 24.8 Å². The highest BCUT2D eigenvalue weighted by atomic mass is 32.2. The van der Waals surface area contributed by atoms with Crippen LogP contribution in [0.3, 0.4) is 0 Å². The first-order chi connectivity index (χ1) is 7.77. The van der Waals surface area contributed by atoms with Crippen molar-refractivity contribution in [2.24, 2.45) is 5.73 Å². The lowest BCUT2D eigenvalue weighted by atomic mass is 10.2. The van der Waals surface area contributed by atoms with Crippen molar-refractivity contribution in [3.63, 3.8) is 0 Å². The summed E-state index contributed by atoms with van der Waals surface area (Å²) in [6, 6.07) is 0. The van der Waals surface area contributed by atoms with Crippen LogP contribution in [0.2, 0.25) is 0 Å². The number of amides is 1. The Morgan fingerprint density at radius 3 is 3.00 bits per heavy atom. The number of carbonyl (C=O) groups excluding carboxylic acids is 1. The average molecular weight is 244 g/mol. The molecule has 1 atom stereocenters. The van der Waals surface area contributed by atoms with Crippen LogP contribution < -0.4 is 5.73 Å². The Morgan fingerprint density at radius 2 is 2.31 bits per heavy atom. The van der Waals surface area contributed by atoms with Crippen LogP contribution in [0.4, 0.5) is 0 Å². The van der Waals surface area contributed by atoms with Gasteiger partial charge < -0.3 is 10.6 Å². The number of hydrogen-bond donors (Lipinski definition) is 1. The molecule has 0 aliphatic carbocycles. The molecule has 1 fully saturated rings. The Kier molecular flexibility index (Phi) is 6.88. The highest BCUT2D eigenvalue weighted by Gasteiger charge is 2.21. The number of carbonyl (C=O) groups is 1. The van der Waals surface area contributed by atoms with E-state index in [0.717, 1.165) is 31.7 Å². The number of nitrogens with zero attached hydrogens (tertiary/aromatic N) is 1. The van der Waals surface area contributed by atoms with E-state index in [1.807, 2.05) is 11.8 Å². The first kappa shape index (κ1) is 13.8. The molecule has 1 aliphatic heterocycles. The third-order valence-electron chi connectivity index (χ3n) is 2.98. The van der Waals surface area contributed by atoms with Gasteiger partial charge in [0.1, 0.15) is 0 Å². The smallest absolute Gasteiger partial charge is 0.222 e. The lowest BCUT2D eigenvalue weighted by molar-refractivity contribution is -0.131. The molecule has 1 aliphatic rings. The molecule has 0 aromatic heterocycles. The largest absolute Gasteiger partial charge is 0.342 e. The number of rotatable bonds is 5. The van der Waals surface area contributed by atoms with Gasteiger partial charge in [-0.1, -0.05) is 13.3 Å². The van der Waals surface area contributed by atoms with Gasteiger partial charge in [0.15, 0.2) is 0 Å². The molecule has 94 valence electrons. The van der Waals surface area contributed by atoms with Crippen LogP contribution in [0.1, 0.15) is 39.0 Å². The van der Waals surface area contributed by atoms with Gasteiger partial charge in [0.05, 0.1) is 0 Å². The third kappa shape index (κ3) is 4.74. The Labute approximate surface area is 103 Å². The summed E-state index contributed by atoms with van der Waals surface area (Å²) >= 11 is 1.99. The van der Waals surface area contributed by atoms with Crippen molar-refractivity contribution in [1.29, 1.82) is 0 Å². The van der Waals surface area contributed by atoms with E-state index < -0.39 is 0 Å². The summed E-state index contributed by atoms with van der Waals surface area (Å²) in [6.45, 7) is 4.70. The molecule has 0 saturated carbocycles. The summed E-state index contributed by atoms with van der Waals surface area (Å²) in [5, 5.41) is 0.648. The molecular formula is C12H24N2OS. The maximum absolute atomic E-state index is 11.9. The minimum absolute atomic E-state index is 0.300. The van der Waals surface area contributed by atoms with Crippen LogP contribution in [0, 0.1) is 0 Å². The molecule has 1 rings (SSSR count). The minimum atomic E-state index is 0.300. The quantitative estimate of drug-likeness (QED) is 0.803. The highest BCUT2D eigenvalue weighted by Crippen LogP contribution is 2.22. The summed E-state index contributed by atoms with van der Waals surface area (Å²) in [5.74, 6) is 1.45. The fourth-order valence-corrected chi connectivity index (χ4v) is 3.20. The maximum atomic E-state index is 11.9. The number of nitrogens with two attached hydrogens (primary N) is 1. The first-order valence-corrected chi connectivity index (χ1v) is 7.42. The Balaban J connectivity index is 2.41. The maximum Gasteiger partial charge on any atom is 0.222 e. The van der Waals surface area contributed by atoms with Gasteiger partial charge in [-0.25, -0.2) is 0 Å². The van der Waals surface area contributed by atoms with Crippen molar-refractivity contribution < 1.29 is 4.79 Å². The molecule has 0 spiro atoms. The monoisotopic (exact) mass is 244 g/mol. The standard InChI is InChI=1S/C12H24N2OS/c1-2-16-11-6-3-4-9-14(10-11)12(15)7-5-8-13/h11H,2-10,13H2,1H3. The van der Waals surface area contributed by atoms with E-state index in [9.17, 15) is 4.79 Å². The van der Waals surface area contributed by atoms with Crippen molar-refractivity contribution in [2.75, 3.05) is 25.4 Å². The highest BCUT2D eigenvalue weighted by molar-refractivity contribution is 7.99. The molecule has 3 nitrogen and oxygen atoms in total. The zero-order chi connectivity index (χ0) is 11.8. The lowest BCUT2D eigenvalue weighted by Crippen LogP contribution is -2.35. The van der Waals surface area contributed by atoms with Crippen LogP contribution in [-0.2, 0) is 4.79 Å². The second-order valence-electron chi connectivity index (χ2n) is 4.31. The Morgan fingerprint density at radius 1 is 1.50 bits per heavy atom. The molecule has 0 aromatic carbocycles. The molecule has 1 saturated heterocycles. The average Bonchev–Trinajstić information content (AvgIpc) is 2.52. The topological polar surface area (TPSA) is 46.3 Å². The van der Waals surface area contributed by atoms with Gasteiger partial charge in [-0.15, -0.1) is 0 Å². The van der Waals surface area contributed by atoms with Crippen LogP contribution in [0.25, 0.3) is 0 Å². The van der Waals surface area contributed by atoms with E-state index in [0.29, 0.717) is 24.1 Å². The number of likely N-dealkylation sites (tertiary alicyclic amines) is 1. The van der Waals surface area contributed by atoms with E-state index in [-0.39, 0.29) is 0 Å². The second kappa shape index (κ2) is 7.96. The summed E-state index contributed by atoms with van der Waals surface area (Å²) in [4.78, 5) is 14.0. The Bertz CT molecular complexity index is 211. The minimum Gasteiger partial charge on any atom is -0.342 e. The predicted octanol–water partition coefficient (Wildman–Crippen LogP) is 1.86.